The molecule has 0 unspecified atom stereocenters. The number of benzene rings is 3. The molecule has 3 aromatic carbocycles. The number of nitrogens with two attached hydrogens (primary N) is 1. The van der Waals surface area contributed by atoms with Crippen LogP contribution in [0, 0.1) is 0 Å². The Kier molecular flexibility index (Phi) is 13.7. The van der Waals surface area contributed by atoms with E-state index in [1.807, 2.05) is 54.6 Å². The minimum absolute atomic E-state index is 0.0367. The predicted molar refractivity (Wildman–Crippen MR) is 190 cm³/mol. The molecule has 274 valence electrons. The zero-order valence-electron chi connectivity index (χ0n) is 28.2. The molecule has 0 saturated carbocycles. The van der Waals surface area contributed by atoms with Gasteiger partial charge in [0.05, 0.1) is 5.69 Å². The van der Waals surface area contributed by atoms with Crippen molar-refractivity contribution in [2.24, 2.45) is 0 Å². The van der Waals surface area contributed by atoms with Crippen molar-refractivity contribution in [1.29, 1.82) is 0 Å². The molecular weight excluding hydrogens is 674 g/mol. The molecule has 9 N–H and O–H groups in total. The first-order chi connectivity index (χ1) is 24.9. The number of carbonyl (C=O) groups is 6. The fraction of sp³-hybridized carbons (Fsp3) is 0.306. The first-order valence-electron chi connectivity index (χ1n) is 16.6. The first-order valence-corrected chi connectivity index (χ1v) is 16.6. The Morgan fingerprint density at radius 1 is 0.750 bits per heavy atom. The Bertz CT molecular complexity index is 1890. The molecule has 4 rings (SSSR count). The molecular formula is C36H41N7O9. The number of nitrogens with zero attached hydrogens (tertiary/aromatic N) is 2. The molecule has 0 spiro atoms. The van der Waals surface area contributed by atoms with E-state index in [4.69, 9.17) is 10.8 Å². The number of fused-ring (bicyclic) bond motifs is 1. The lowest BCUT2D eigenvalue weighted by Crippen LogP contribution is -2.51. The SMILES string of the molecule is Nc1ccc(-c2ccn(CC(=O)N[C@@H](Cc3ccc4ccccc4c3)C(=O)NCCCC[C@H](NC(=O)N[C@@H](CCC(=O)O)C(=O)O)C(=O)O)n2)cc1. The van der Waals surface area contributed by atoms with Gasteiger partial charge >= 0.3 is 23.9 Å². The van der Waals surface area contributed by atoms with Gasteiger partial charge in [-0.15, -0.1) is 0 Å². The van der Waals surface area contributed by atoms with Gasteiger partial charge < -0.3 is 42.3 Å². The second kappa shape index (κ2) is 18.5. The largest absolute Gasteiger partial charge is 0.481 e. The third-order valence-corrected chi connectivity index (χ3v) is 8.13. The minimum atomic E-state index is -1.52. The highest BCUT2D eigenvalue weighted by Crippen LogP contribution is 2.19. The van der Waals surface area contributed by atoms with Gasteiger partial charge in [-0.1, -0.05) is 54.6 Å². The van der Waals surface area contributed by atoms with Crippen molar-refractivity contribution in [3.63, 3.8) is 0 Å². The Morgan fingerprint density at radius 3 is 2.10 bits per heavy atom. The number of aromatic nitrogens is 2. The maximum atomic E-state index is 13.4. The van der Waals surface area contributed by atoms with Gasteiger partial charge in [-0.05, 0) is 60.2 Å². The van der Waals surface area contributed by atoms with E-state index in [2.05, 4.69) is 26.4 Å². The summed E-state index contributed by atoms with van der Waals surface area (Å²) in [6.07, 6.45) is 1.52. The molecule has 0 aliphatic rings. The number of carbonyl (C=O) groups excluding carboxylic acids is 3. The van der Waals surface area contributed by atoms with Crippen molar-refractivity contribution in [3.05, 3.63) is 84.6 Å². The second-order valence-corrected chi connectivity index (χ2v) is 12.1. The molecule has 16 heteroatoms. The van der Waals surface area contributed by atoms with Crippen LogP contribution in [0.3, 0.4) is 0 Å². The number of carboxylic acids is 3. The first kappa shape index (κ1) is 38.4. The second-order valence-electron chi connectivity index (χ2n) is 12.1. The number of nitrogens with one attached hydrogen (secondary N) is 4. The molecule has 4 amide bonds. The van der Waals surface area contributed by atoms with Crippen LogP contribution < -0.4 is 27.0 Å². The van der Waals surface area contributed by atoms with Crippen LogP contribution in [0.5, 0.6) is 0 Å². The van der Waals surface area contributed by atoms with Gasteiger partial charge in [0.25, 0.3) is 0 Å². The normalized spacial score (nSPS) is 12.6. The fourth-order valence-electron chi connectivity index (χ4n) is 5.40. The highest BCUT2D eigenvalue weighted by Gasteiger charge is 2.25. The summed E-state index contributed by atoms with van der Waals surface area (Å²) >= 11 is 0. The van der Waals surface area contributed by atoms with Gasteiger partial charge in [-0.3, -0.25) is 19.1 Å². The van der Waals surface area contributed by atoms with E-state index >= 15 is 0 Å². The lowest BCUT2D eigenvalue weighted by atomic mass is 10.0. The number of anilines is 1. The molecule has 0 aliphatic carbocycles. The predicted octanol–water partition coefficient (Wildman–Crippen LogP) is 2.37. The molecule has 1 heterocycles. The maximum absolute atomic E-state index is 13.4. The van der Waals surface area contributed by atoms with Crippen molar-refractivity contribution >= 4 is 52.2 Å². The maximum Gasteiger partial charge on any atom is 0.326 e. The molecule has 0 radical (unpaired) electrons. The van der Waals surface area contributed by atoms with Gasteiger partial charge in [0.1, 0.15) is 24.7 Å². The van der Waals surface area contributed by atoms with E-state index < -0.39 is 60.3 Å². The molecule has 1 aromatic heterocycles. The number of hydrogen-bond donors (Lipinski definition) is 8. The van der Waals surface area contributed by atoms with E-state index in [9.17, 15) is 39.0 Å². The van der Waals surface area contributed by atoms with Crippen LogP contribution in [0.2, 0.25) is 0 Å². The van der Waals surface area contributed by atoms with E-state index in [1.165, 1.54) is 4.68 Å². The molecule has 0 aliphatic heterocycles. The zero-order valence-corrected chi connectivity index (χ0v) is 28.2. The van der Waals surface area contributed by atoms with E-state index in [0.717, 1.165) is 21.9 Å². The van der Waals surface area contributed by atoms with Gasteiger partial charge in [0.2, 0.25) is 11.8 Å². The third kappa shape index (κ3) is 11.9. The quantitative estimate of drug-likeness (QED) is 0.0517. The smallest absolute Gasteiger partial charge is 0.326 e. The minimum Gasteiger partial charge on any atom is -0.481 e. The standard InChI is InChI=1S/C36H41N7O9/c37-26-12-10-24(11-13-26)27-16-18-43(42-27)21-31(44)39-30(20-22-8-9-23-5-1-2-6-25(23)19-22)33(47)38-17-4-3-7-28(34(48)49)40-36(52)41-29(35(50)51)14-15-32(45)46/h1-2,5-6,8-13,16,18-19,28-30H,3-4,7,14-15,17,20-21,37H2,(H,38,47)(H,39,44)(H,45,46)(H,48,49)(H,50,51)(H2,40,41,52)/t28-,29-,30-/m0/s1. The number of nitrogen functional groups attached to an aromatic ring is 1. The van der Waals surface area contributed by atoms with Crippen LogP contribution in [0.4, 0.5) is 10.5 Å². The Labute approximate surface area is 298 Å². The van der Waals surface area contributed by atoms with Crippen molar-refractivity contribution in [2.75, 3.05) is 12.3 Å². The van der Waals surface area contributed by atoms with Crippen LogP contribution in [0.15, 0.2) is 79.0 Å². The Morgan fingerprint density at radius 2 is 1.42 bits per heavy atom. The summed E-state index contributed by atoms with van der Waals surface area (Å²) < 4.78 is 1.47. The van der Waals surface area contributed by atoms with Crippen LogP contribution >= 0.6 is 0 Å². The van der Waals surface area contributed by atoms with Crippen LogP contribution in [0.1, 0.15) is 37.7 Å². The van der Waals surface area contributed by atoms with E-state index in [-0.39, 0.29) is 38.8 Å². The van der Waals surface area contributed by atoms with Crippen LogP contribution in [0.25, 0.3) is 22.0 Å². The number of rotatable bonds is 19. The Hall–Kier alpha value is -6.45. The lowest BCUT2D eigenvalue weighted by Gasteiger charge is -2.20. The lowest BCUT2D eigenvalue weighted by molar-refractivity contribution is -0.141. The molecule has 0 saturated heterocycles. The summed E-state index contributed by atoms with van der Waals surface area (Å²) in [4.78, 5) is 72.7. The number of hydrogen-bond acceptors (Lipinski definition) is 8. The molecule has 52 heavy (non-hydrogen) atoms. The summed E-state index contributed by atoms with van der Waals surface area (Å²) in [6.45, 7) is 0.00222. The molecule has 4 aromatic rings. The average Bonchev–Trinajstić information content (AvgIpc) is 3.57. The van der Waals surface area contributed by atoms with Gasteiger partial charge in [-0.25, -0.2) is 14.4 Å². The van der Waals surface area contributed by atoms with Gasteiger partial charge in [0, 0.05) is 36.8 Å². The number of aliphatic carboxylic acids is 3. The molecule has 0 fully saturated rings. The van der Waals surface area contributed by atoms with Crippen molar-refractivity contribution in [2.45, 2.75) is 63.2 Å². The highest BCUT2D eigenvalue weighted by molar-refractivity contribution is 5.89. The topological polar surface area (TPSA) is 255 Å². The number of carboxylic acid groups (broad SMARTS) is 3. The summed E-state index contributed by atoms with van der Waals surface area (Å²) in [5.74, 6) is -4.94. The third-order valence-electron chi connectivity index (χ3n) is 8.13. The summed E-state index contributed by atoms with van der Waals surface area (Å²) in [6, 6.07) is 17.6. The number of urea groups is 1. The molecule has 16 nitrogen and oxygen atoms in total. The van der Waals surface area contributed by atoms with Gasteiger partial charge in [0.15, 0.2) is 0 Å². The van der Waals surface area contributed by atoms with Crippen molar-refractivity contribution in [1.82, 2.24) is 31.0 Å². The van der Waals surface area contributed by atoms with Crippen molar-refractivity contribution < 1.29 is 44.1 Å². The molecule has 3 atom stereocenters. The highest BCUT2D eigenvalue weighted by atomic mass is 16.4. The fourth-order valence-corrected chi connectivity index (χ4v) is 5.40. The van der Waals surface area contributed by atoms with E-state index in [1.54, 1.807) is 24.4 Å². The number of unbranched alkanes of at least 4 members (excludes halogenated alkanes) is 1. The monoisotopic (exact) mass is 715 g/mol. The average molecular weight is 716 g/mol. The van der Waals surface area contributed by atoms with Crippen LogP contribution in [-0.2, 0) is 36.9 Å². The zero-order chi connectivity index (χ0) is 37.6. The van der Waals surface area contributed by atoms with Crippen LogP contribution in [-0.4, -0.2) is 85.5 Å². The van der Waals surface area contributed by atoms with Crippen molar-refractivity contribution in [3.8, 4) is 11.3 Å². The Balaban J connectivity index is 1.33. The van der Waals surface area contributed by atoms with E-state index in [0.29, 0.717) is 17.8 Å². The summed E-state index contributed by atoms with van der Waals surface area (Å²) in [7, 11) is 0. The summed E-state index contributed by atoms with van der Waals surface area (Å²) in [5.41, 5.74) is 8.69. The number of amides is 4. The summed E-state index contributed by atoms with van der Waals surface area (Å²) in [5, 5.41) is 43.9. The van der Waals surface area contributed by atoms with Gasteiger partial charge in [-0.2, -0.15) is 5.10 Å². The molecule has 0 bridgehead atoms.